The largest absolute Gasteiger partial charge is 0.507 e. The topological polar surface area (TPSA) is 98.2 Å². The van der Waals surface area contributed by atoms with E-state index in [9.17, 15) is 14.7 Å². The Morgan fingerprint density at radius 2 is 1.91 bits per heavy atom. The minimum atomic E-state index is -0.936. The third-order valence-electron chi connectivity index (χ3n) is 7.69. The standard InChI is InChI=1S/C34H34N2O6S/c1-5-7-14-41-26-13-9-21(18-27(26)40-6-2)30-29(31(37)22-10-12-25-23(17-22)16-20(4)42-25)32(38)33(39)36(30)34-35-24-11-8-19(3)15-28(24)43-34/h8-13,15,17-18,20,30,37H,5-7,14,16H2,1-4H3/b31-29+/t20-,30-/m0/s1. The maximum Gasteiger partial charge on any atom is 0.301 e. The van der Waals surface area contributed by atoms with E-state index in [0.29, 0.717) is 47.4 Å². The molecule has 3 aromatic carbocycles. The highest BCUT2D eigenvalue weighted by Gasteiger charge is 2.48. The molecule has 1 fully saturated rings. The Labute approximate surface area is 254 Å². The fraction of sp³-hybridized carbons (Fsp3) is 0.324. The van der Waals surface area contributed by atoms with Gasteiger partial charge in [-0.1, -0.05) is 36.8 Å². The number of aliphatic hydroxyl groups is 1. The Morgan fingerprint density at radius 1 is 1.07 bits per heavy atom. The Bertz CT molecular complexity index is 1760. The lowest BCUT2D eigenvalue weighted by Gasteiger charge is -2.24. The van der Waals surface area contributed by atoms with Gasteiger partial charge >= 0.3 is 5.91 Å². The second-order valence-electron chi connectivity index (χ2n) is 10.9. The van der Waals surface area contributed by atoms with Crippen molar-refractivity contribution < 1.29 is 28.9 Å². The van der Waals surface area contributed by atoms with Crippen molar-refractivity contribution in [3.05, 3.63) is 82.4 Å². The van der Waals surface area contributed by atoms with E-state index in [1.165, 1.54) is 16.2 Å². The van der Waals surface area contributed by atoms with Crippen molar-refractivity contribution in [2.75, 3.05) is 18.1 Å². The SMILES string of the molecule is CCCCOc1ccc([C@H]2/C(=C(\O)c3ccc4c(c3)C[C@H](C)O4)C(=O)C(=O)N2c2nc3ccc(C)cc3s2)cc1OCC. The lowest BCUT2D eigenvalue weighted by atomic mass is 9.94. The highest BCUT2D eigenvalue weighted by Crippen LogP contribution is 2.46. The van der Waals surface area contributed by atoms with Gasteiger partial charge in [0.05, 0.1) is 35.0 Å². The predicted octanol–water partition coefficient (Wildman–Crippen LogP) is 7.13. The maximum atomic E-state index is 13.8. The van der Waals surface area contributed by atoms with Crippen molar-refractivity contribution in [3.8, 4) is 17.2 Å². The molecule has 2 aliphatic heterocycles. The van der Waals surface area contributed by atoms with E-state index in [4.69, 9.17) is 19.2 Å². The minimum absolute atomic E-state index is 0.00514. The number of carbonyl (C=O) groups is 2. The molecular weight excluding hydrogens is 564 g/mol. The highest BCUT2D eigenvalue weighted by molar-refractivity contribution is 7.22. The van der Waals surface area contributed by atoms with Gasteiger partial charge in [0.25, 0.3) is 5.78 Å². The molecule has 0 radical (unpaired) electrons. The molecule has 1 saturated heterocycles. The molecule has 3 heterocycles. The molecule has 1 N–H and O–H groups in total. The number of hydrogen-bond acceptors (Lipinski definition) is 8. The number of aryl methyl sites for hydroxylation is 1. The van der Waals surface area contributed by atoms with Crippen molar-refractivity contribution in [1.82, 2.24) is 4.98 Å². The number of amides is 1. The summed E-state index contributed by atoms with van der Waals surface area (Å²) in [6.07, 6.45) is 2.61. The zero-order valence-electron chi connectivity index (χ0n) is 24.7. The molecule has 8 nitrogen and oxygen atoms in total. The van der Waals surface area contributed by atoms with Crippen LogP contribution in [0.3, 0.4) is 0 Å². The normalized spacial score (nSPS) is 19.1. The first-order valence-electron chi connectivity index (χ1n) is 14.7. The summed E-state index contributed by atoms with van der Waals surface area (Å²) < 4.78 is 18.7. The maximum absolute atomic E-state index is 13.8. The van der Waals surface area contributed by atoms with E-state index in [1.54, 1.807) is 24.3 Å². The van der Waals surface area contributed by atoms with Crippen molar-refractivity contribution in [1.29, 1.82) is 0 Å². The van der Waals surface area contributed by atoms with Crippen LogP contribution in [0.2, 0.25) is 0 Å². The molecule has 0 unspecified atom stereocenters. The number of anilines is 1. The molecule has 2 atom stereocenters. The molecule has 222 valence electrons. The molecule has 4 aromatic rings. The van der Waals surface area contributed by atoms with E-state index in [2.05, 4.69) is 6.92 Å². The van der Waals surface area contributed by atoms with Gasteiger partial charge in [-0.25, -0.2) is 4.98 Å². The van der Waals surface area contributed by atoms with Gasteiger partial charge in [0.15, 0.2) is 16.6 Å². The molecule has 2 aliphatic rings. The monoisotopic (exact) mass is 598 g/mol. The molecule has 6 rings (SSSR count). The summed E-state index contributed by atoms with van der Waals surface area (Å²) in [6.45, 7) is 8.90. The van der Waals surface area contributed by atoms with Crippen LogP contribution >= 0.6 is 11.3 Å². The number of unbranched alkanes of at least 4 members (excludes halogenated alkanes) is 1. The first-order chi connectivity index (χ1) is 20.8. The van der Waals surface area contributed by atoms with Crippen LogP contribution in [0.25, 0.3) is 16.0 Å². The Hall–Kier alpha value is -4.37. The molecule has 43 heavy (non-hydrogen) atoms. The number of rotatable bonds is 9. The number of ether oxygens (including phenoxy) is 3. The van der Waals surface area contributed by atoms with Gasteiger partial charge in [0, 0.05) is 12.0 Å². The molecule has 9 heteroatoms. The van der Waals surface area contributed by atoms with Gasteiger partial charge in [-0.15, -0.1) is 0 Å². The number of hydrogen-bond donors (Lipinski definition) is 1. The summed E-state index contributed by atoms with van der Waals surface area (Å²) in [5.41, 5.74) is 3.78. The van der Waals surface area contributed by atoms with Crippen molar-refractivity contribution in [2.45, 2.75) is 59.1 Å². The van der Waals surface area contributed by atoms with Gasteiger partial charge < -0.3 is 19.3 Å². The van der Waals surface area contributed by atoms with Gasteiger partial charge in [-0.3, -0.25) is 14.5 Å². The highest BCUT2D eigenvalue weighted by atomic mass is 32.1. The smallest absolute Gasteiger partial charge is 0.301 e. The second-order valence-corrected chi connectivity index (χ2v) is 11.9. The Kier molecular flexibility index (Phi) is 7.83. The second kappa shape index (κ2) is 11.7. The summed E-state index contributed by atoms with van der Waals surface area (Å²) in [5, 5.41) is 12.1. The third-order valence-corrected chi connectivity index (χ3v) is 8.71. The van der Waals surface area contributed by atoms with Gasteiger partial charge in [0.1, 0.15) is 17.6 Å². The first-order valence-corrected chi connectivity index (χ1v) is 15.5. The van der Waals surface area contributed by atoms with Crippen LogP contribution in [0, 0.1) is 6.92 Å². The van der Waals surface area contributed by atoms with Gasteiger partial charge in [-0.2, -0.15) is 0 Å². The number of aliphatic hydroxyl groups excluding tert-OH is 1. The predicted molar refractivity (Wildman–Crippen MR) is 167 cm³/mol. The number of aromatic nitrogens is 1. The summed E-state index contributed by atoms with van der Waals surface area (Å²) in [5.74, 6) is 0.0766. The van der Waals surface area contributed by atoms with Crippen LogP contribution in [0.15, 0.2) is 60.2 Å². The number of fused-ring (bicyclic) bond motifs is 2. The molecule has 1 amide bonds. The van der Waals surface area contributed by atoms with Crippen molar-refractivity contribution in [2.24, 2.45) is 0 Å². The summed E-state index contributed by atoms with van der Waals surface area (Å²) in [6, 6.07) is 15.7. The summed E-state index contributed by atoms with van der Waals surface area (Å²) in [7, 11) is 0. The van der Waals surface area contributed by atoms with Crippen LogP contribution in [0.5, 0.6) is 17.2 Å². The number of carbonyl (C=O) groups excluding carboxylic acids is 2. The van der Waals surface area contributed by atoms with Crippen molar-refractivity contribution in [3.63, 3.8) is 0 Å². The number of Topliss-reactive ketones (excluding diaryl/α,β-unsaturated/α-hetero) is 1. The van der Waals surface area contributed by atoms with Crippen LogP contribution in [-0.4, -0.2) is 41.1 Å². The van der Waals surface area contributed by atoms with Crippen LogP contribution in [0.1, 0.15) is 61.9 Å². The zero-order valence-corrected chi connectivity index (χ0v) is 25.5. The summed E-state index contributed by atoms with van der Waals surface area (Å²) >= 11 is 1.34. The number of thiazole rings is 1. The van der Waals surface area contributed by atoms with Gasteiger partial charge in [0.2, 0.25) is 0 Å². The molecule has 0 aliphatic carbocycles. The molecular formula is C34H34N2O6S. The quantitative estimate of drug-likeness (QED) is 0.0947. The number of ketones is 1. The third kappa shape index (κ3) is 5.33. The van der Waals surface area contributed by atoms with E-state index < -0.39 is 17.7 Å². The van der Waals surface area contributed by atoms with E-state index in [1.807, 2.05) is 51.1 Å². The Balaban J connectivity index is 1.51. The van der Waals surface area contributed by atoms with Gasteiger partial charge in [-0.05, 0) is 86.3 Å². The molecule has 0 bridgehead atoms. The first kappa shape index (κ1) is 28.7. The summed E-state index contributed by atoms with van der Waals surface area (Å²) in [4.78, 5) is 33.7. The fourth-order valence-corrected chi connectivity index (χ4v) is 6.69. The van der Waals surface area contributed by atoms with E-state index in [0.717, 1.165) is 39.9 Å². The van der Waals surface area contributed by atoms with Crippen LogP contribution < -0.4 is 19.1 Å². The minimum Gasteiger partial charge on any atom is -0.507 e. The zero-order chi connectivity index (χ0) is 30.2. The lowest BCUT2D eigenvalue weighted by Crippen LogP contribution is -2.29. The number of nitrogens with zero attached hydrogens (tertiary/aromatic N) is 2. The average Bonchev–Trinajstić information content (AvgIpc) is 3.65. The van der Waals surface area contributed by atoms with Crippen LogP contribution in [0.4, 0.5) is 5.13 Å². The van der Waals surface area contributed by atoms with E-state index >= 15 is 0 Å². The molecule has 1 aromatic heterocycles. The average molecular weight is 599 g/mol. The van der Waals surface area contributed by atoms with Crippen molar-refractivity contribution >= 4 is 44.1 Å². The lowest BCUT2D eigenvalue weighted by molar-refractivity contribution is -0.132. The van der Waals surface area contributed by atoms with Crippen LogP contribution in [-0.2, 0) is 16.0 Å². The number of benzene rings is 3. The fourth-order valence-electron chi connectivity index (χ4n) is 5.60. The van der Waals surface area contributed by atoms with E-state index in [-0.39, 0.29) is 17.4 Å². The molecule has 0 saturated carbocycles. The Morgan fingerprint density at radius 3 is 2.70 bits per heavy atom. The molecule has 0 spiro atoms.